The molecule has 132 valence electrons. The summed E-state index contributed by atoms with van der Waals surface area (Å²) in [4.78, 5) is 0. The summed E-state index contributed by atoms with van der Waals surface area (Å²) in [6.07, 6.45) is 15.5. The zero-order valence-corrected chi connectivity index (χ0v) is 15.9. The molecule has 1 aromatic heterocycles. The Bertz CT molecular complexity index is 569. The van der Waals surface area contributed by atoms with Crippen molar-refractivity contribution < 1.29 is 4.57 Å². The van der Waals surface area contributed by atoms with Crippen molar-refractivity contribution in [3.8, 4) is 5.69 Å². The van der Waals surface area contributed by atoms with Gasteiger partial charge in [-0.2, -0.15) is 4.57 Å². The average Bonchev–Trinajstić information content (AvgIpc) is 3.02. The maximum atomic E-state index is 2.45. The Morgan fingerprint density at radius 1 is 0.875 bits per heavy atom. The van der Waals surface area contributed by atoms with Gasteiger partial charge in [0.1, 0.15) is 18.1 Å². The van der Waals surface area contributed by atoms with Gasteiger partial charge in [-0.1, -0.05) is 77.5 Å². The molecule has 24 heavy (non-hydrogen) atoms. The van der Waals surface area contributed by atoms with E-state index in [1.54, 1.807) is 0 Å². The van der Waals surface area contributed by atoms with Crippen molar-refractivity contribution in [1.29, 1.82) is 0 Å². The minimum Gasteiger partial charge on any atom is -0.234 e. The number of hydrogen-bond donors (Lipinski definition) is 0. The molecular formula is C22H35N2+. The van der Waals surface area contributed by atoms with Crippen LogP contribution in [0.25, 0.3) is 5.69 Å². The molecule has 2 aromatic rings. The number of nitrogens with zero attached hydrogens (tertiary/aromatic N) is 2. The second-order valence-corrected chi connectivity index (χ2v) is 7.18. The number of benzene rings is 1. The minimum atomic E-state index is 0.522. The molecule has 0 atom stereocenters. The molecule has 0 bridgehead atoms. The largest absolute Gasteiger partial charge is 0.264 e. The third kappa shape index (κ3) is 5.51. The molecule has 0 unspecified atom stereocenters. The summed E-state index contributed by atoms with van der Waals surface area (Å²) in [5, 5.41) is 0. The minimum absolute atomic E-state index is 0.522. The average molecular weight is 328 g/mol. The van der Waals surface area contributed by atoms with Crippen LogP contribution < -0.4 is 4.57 Å². The first-order chi connectivity index (χ1) is 11.7. The normalized spacial score (nSPS) is 11.3. The smallest absolute Gasteiger partial charge is 0.234 e. The molecule has 0 saturated carbocycles. The Morgan fingerprint density at radius 2 is 1.50 bits per heavy atom. The van der Waals surface area contributed by atoms with E-state index in [1.807, 2.05) is 0 Å². The van der Waals surface area contributed by atoms with Crippen molar-refractivity contribution in [2.45, 2.75) is 84.6 Å². The first-order valence-corrected chi connectivity index (χ1v) is 9.90. The van der Waals surface area contributed by atoms with E-state index in [4.69, 9.17) is 0 Å². The molecule has 0 amide bonds. The second-order valence-electron chi connectivity index (χ2n) is 7.18. The van der Waals surface area contributed by atoms with Gasteiger partial charge in [-0.25, -0.2) is 4.57 Å². The third-order valence-corrected chi connectivity index (χ3v) is 4.74. The summed E-state index contributed by atoms with van der Waals surface area (Å²) in [6.45, 7) is 8.01. The van der Waals surface area contributed by atoms with Crippen LogP contribution in [0.1, 0.15) is 83.9 Å². The van der Waals surface area contributed by atoms with Crippen LogP contribution in [0.15, 0.2) is 42.7 Å². The van der Waals surface area contributed by atoms with Crippen LogP contribution in [0.3, 0.4) is 0 Å². The summed E-state index contributed by atoms with van der Waals surface area (Å²) in [5.74, 6) is 1.93. The number of imidazole rings is 1. The highest BCUT2D eigenvalue weighted by Gasteiger charge is 2.21. The topological polar surface area (TPSA) is 8.81 Å². The van der Waals surface area contributed by atoms with Crippen molar-refractivity contribution >= 4 is 0 Å². The summed E-state index contributed by atoms with van der Waals surface area (Å²) in [5.41, 5.74) is 1.26. The molecule has 0 saturated heterocycles. The van der Waals surface area contributed by atoms with Crippen LogP contribution in [0.5, 0.6) is 0 Å². The Balaban J connectivity index is 1.86. The zero-order chi connectivity index (χ0) is 17.2. The predicted molar refractivity (Wildman–Crippen MR) is 103 cm³/mol. The lowest BCUT2D eigenvalue weighted by atomic mass is 10.1. The Hall–Kier alpha value is -1.57. The maximum Gasteiger partial charge on any atom is 0.264 e. The van der Waals surface area contributed by atoms with Gasteiger partial charge in [-0.15, -0.1) is 0 Å². The first-order valence-electron chi connectivity index (χ1n) is 9.90. The number of hydrogen-bond acceptors (Lipinski definition) is 0. The highest BCUT2D eigenvalue weighted by molar-refractivity contribution is 5.32. The number of rotatable bonds is 11. The fourth-order valence-corrected chi connectivity index (χ4v) is 3.46. The van der Waals surface area contributed by atoms with Crippen LogP contribution >= 0.6 is 0 Å². The zero-order valence-electron chi connectivity index (χ0n) is 15.9. The lowest BCUT2D eigenvalue weighted by Crippen LogP contribution is -2.37. The molecule has 2 heteroatoms. The molecule has 0 radical (unpaired) electrons. The fourth-order valence-electron chi connectivity index (χ4n) is 3.46. The Kier molecular flexibility index (Phi) is 8.07. The van der Waals surface area contributed by atoms with Crippen molar-refractivity contribution in [1.82, 2.24) is 4.57 Å². The van der Waals surface area contributed by atoms with E-state index in [1.165, 1.54) is 62.9 Å². The van der Waals surface area contributed by atoms with Crippen LogP contribution in [-0.2, 0) is 6.54 Å². The number of unbranched alkanes of at least 4 members (excludes halogenated alkanes) is 7. The van der Waals surface area contributed by atoms with Crippen molar-refractivity contribution in [2.75, 3.05) is 0 Å². The quantitative estimate of drug-likeness (QED) is 0.352. The van der Waals surface area contributed by atoms with Crippen molar-refractivity contribution in [3.63, 3.8) is 0 Å². The number of aryl methyl sites for hydroxylation is 1. The van der Waals surface area contributed by atoms with E-state index in [2.05, 4.69) is 72.6 Å². The van der Waals surface area contributed by atoms with Gasteiger partial charge in [0.05, 0.1) is 12.5 Å². The van der Waals surface area contributed by atoms with E-state index >= 15 is 0 Å². The summed E-state index contributed by atoms with van der Waals surface area (Å²) in [7, 11) is 0. The van der Waals surface area contributed by atoms with E-state index in [-0.39, 0.29) is 0 Å². The van der Waals surface area contributed by atoms with E-state index in [9.17, 15) is 0 Å². The highest BCUT2D eigenvalue weighted by atomic mass is 15.2. The second kappa shape index (κ2) is 10.3. The lowest BCUT2D eigenvalue weighted by molar-refractivity contribution is -0.705. The number of aromatic nitrogens is 2. The summed E-state index contributed by atoms with van der Waals surface area (Å²) in [6, 6.07) is 10.7. The SMILES string of the molecule is CCCCCCCCCC[n+]1ccn(-c2ccccc2)c1C(C)C. The van der Waals surface area contributed by atoms with Crippen LogP contribution in [0, 0.1) is 0 Å². The predicted octanol–water partition coefficient (Wildman–Crippen LogP) is 6.03. The molecule has 0 aliphatic heterocycles. The molecule has 2 rings (SSSR count). The summed E-state index contributed by atoms with van der Waals surface area (Å²) >= 11 is 0. The molecule has 2 nitrogen and oxygen atoms in total. The molecule has 0 fully saturated rings. The van der Waals surface area contributed by atoms with Crippen molar-refractivity contribution in [2.24, 2.45) is 0 Å². The van der Waals surface area contributed by atoms with Gasteiger partial charge in [0, 0.05) is 0 Å². The standard InChI is InChI=1S/C22H35N2/c1-4-5-6-7-8-9-10-14-17-23-18-19-24(22(23)20(2)3)21-15-12-11-13-16-21/h11-13,15-16,18-20H,4-10,14,17H2,1-3H3/q+1. The molecule has 0 N–H and O–H groups in total. The molecular weight excluding hydrogens is 292 g/mol. The molecule has 1 aromatic carbocycles. The molecule has 0 spiro atoms. The fraction of sp³-hybridized carbons (Fsp3) is 0.591. The van der Waals surface area contributed by atoms with Crippen LogP contribution in [-0.4, -0.2) is 4.57 Å². The van der Waals surface area contributed by atoms with Crippen LogP contribution in [0.4, 0.5) is 0 Å². The molecule has 0 aliphatic rings. The van der Waals surface area contributed by atoms with Gasteiger partial charge in [-0.3, -0.25) is 0 Å². The van der Waals surface area contributed by atoms with Gasteiger partial charge in [0.25, 0.3) is 5.82 Å². The lowest BCUT2D eigenvalue weighted by Gasteiger charge is -2.08. The van der Waals surface area contributed by atoms with E-state index in [0.717, 1.165) is 6.54 Å². The van der Waals surface area contributed by atoms with E-state index in [0.29, 0.717) is 5.92 Å². The Morgan fingerprint density at radius 3 is 2.12 bits per heavy atom. The highest BCUT2D eigenvalue weighted by Crippen LogP contribution is 2.17. The van der Waals surface area contributed by atoms with Gasteiger partial charge < -0.3 is 0 Å². The van der Waals surface area contributed by atoms with Gasteiger partial charge in [0.2, 0.25) is 0 Å². The van der Waals surface area contributed by atoms with E-state index < -0.39 is 0 Å². The molecule has 1 heterocycles. The third-order valence-electron chi connectivity index (χ3n) is 4.74. The molecule has 0 aliphatic carbocycles. The van der Waals surface area contributed by atoms with Crippen LogP contribution in [0.2, 0.25) is 0 Å². The maximum absolute atomic E-state index is 2.45. The first kappa shape index (κ1) is 18.8. The van der Waals surface area contributed by atoms with Crippen molar-refractivity contribution in [3.05, 3.63) is 48.5 Å². The Labute approximate surface area is 148 Å². The van der Waals surface area contributed by atoms with Gasteiger partial charge >= 0.3 is 0 Å². The van der Waals surface area contributed by atoms with Gasteiger partial charge in [0.15, 0.2) is 0 Å². The van der Waals surface area contributed by atoms with Gasteiger partial charge in [-0.05, 0) is 25.0 Å². The number of para-hydroxylation sites is 1. The summed E-state index contributed by atoms with van der Waals surface area (Å²) < 4.78 is 4.80. The monoisotopic (exact) mass is 327 g/mol.